The third kappa shape index (κ3) is 2.26. The smallest absolute Gasteiger partial charge is 0.0261 e. The number of rotatable bonds is 0. The van der Waals surface area contributed by atoms with Crippen LogP contribution in [0.5, 0.6) is 0 Å². The van der Waals surface area contributed by atoms with E-state index in [4.69, 9.17) is 5.73 Å². The minimum atomic E-state index is 0. The van der Waals surface area contributed by atoms with Crippen molar-refractivity contribution >= 4 is 9.24 Å². The highest BCUT2D eigenvalue weighted by Gasteiger charge is 2.59. The molecular weight excluding hydrogens is 297 g/mol. The van der Waals surface area contributed by atoms with Crippen molar-refractivity contribution in [2.45, 2.75) is 83.8 Å². The fourth-order valence-electron chi connectivity index (χ4n) is 6.06. The molecule has 0 aliphatic heterocycles. The molecule has 2 N–H and O–H groups in total. The zero-order valence-corrected chi connectivity index (χ0v) is 15.4. The molecule has 0 bridgehead atoms. The lowest BCUT2D eigenvalue weighted by atomic mass is 9.52. The summed E-state index contributed by atoms with van der Waals surface area (Å²) in [5, 5.41) is 0. The van der Waals surface area contributed by atoms with Gasteiger partial charge in [-0.25, -0.2) is 0 Å². The van der Waals surface area contributed by atoms with Crippen LogP contribution in [0.4, 0.5) is 0 Å². The molecule has 3 aliphatic rings. The molecule has 2 fully saturated rings. The molecule has 6 atom stereocenters. The van der Waals surface area contributed by atoms with Crippen LogP contribution in [0, 0.1) is 25.2 Å². The molecule has 0 spiro atoms. The highest BCUT2D eigenvalue weighted by Crippen LogP contribution is 2.63. The van der Waals surface area contributed by atoms with Crippen LogP contribution >= 0.6 is 9.24 Å². The van der Waals surface area contributed by atoms with Crippen molar-refractivity contribution in [3.63, 3.8) is 0 Å². The maximum Gasteiger partial charge on any atom is 0.0261 e. The van der Waals surface area contributed by atoms with Gasteiger partial charge < -0.3 is 5.73 Å². The third-order valence-electron chi connectivity index (χ3n) is 7.64. The number of aryl methyl sites for hydroxylation is 3. The van der Waals surface area contributed by atoms with Crippen molar-refractivity contribution in [3.8, 4) is 0 Å². The minimum absolute atomic E-state index is 0. The first-order chi connectivity index (χ1) is 10.4. The zero-order valence-electron chi connectivity index (χ0n) is 14.3. The Bertz CT molecular complexity index is 625. The minimum Gasteiger partial charge on any atom is -0.324 e. The van der Waals surface area contributed by atoms with Crippen molar-refractivity contribution in [1.82, 2.24) is 0 Å². The number of benzene rings is 1. The molecular formula is C21H34NP. The predicted octanol–water partition coefficient (Wildman–Crippen LogP) is 5.12. The predicted molar refractivity (Wildman–Crippen MR) is 104 cm³/mol. The quantitative estimate of drug-likeness (QED) is 0.656. The summed E-state index contributed by atoms with van der Waals surface area (Å²) in [5.41, 5.74) is 14.5. The molecule has 0 saturated heterocycles. The number of nitrogens with two attached hydrogens (primary N) is 1. The fraction of sp³-hybridized carbons (Fsp3) is 0.714. The Labute approximate surface area is 145 Å². The van der Waals surface area contributed by atoms with Crippen LogP contribution in [0.15, 0.2) is 12.1 Å². The van der Waals surface area contributed by atoms with Crippen molar-refractivity contribution in [3.05, 3.63) is 34.4 Å². The summed E-state index contributed by atoms with van der Waals surface area (Å²) in [6.07, 6.45) is 7.67. The van der Waals surface area contributed by atoms with Crippen molar-refractivity contribution < 1.29 is 0 Å². The summed E-state index contributed by atoms with van der Waals surface area (Å²) in [7, 11) is 3.14. The van der Waals surface area contributed by atoms with Crippen LogP contribution in [0.2, 0.25) is 0 Å². The van der Waals surface area contributed by atoms with Gasteiger partial charge in [0.15, 0.2) is 0 Å². The topological polar surface area (TPSA) is 26.0 Å². The maximum absolute atomic E-state index is 7.19. The molecule has 0 radical (unpaired) electrons. The molecule has 0 aromatic heterocycles. The Morgan fingerprint density at radius 3 is 2.52 bits per heavy atom. The molecule has 1 nitrogen and oxygen atoms in total. The van der Waals surface area contributed by atoms with Crippen molar-refractivity contribution in [2.75, 3.05) is 0 Å². The average Bonchev–Trinajstić information content (AvgIpc) is 2.77. The van der Waals surface area contributed by atoms with E-state index < -0.39 is 0 Å². The molecule has 1 aromatic carbocycles. The number of hydrogen-bond acceptors (Lipinski definition) is 1. The first kappa shape index (κ1) is 17.4. The van der Waals surface area contributed by atoms with Crippen LogP contribution in [0.1, 0.15) is 74.6 Å². The Morgan fingerprint density at radius 1 is 1.09 bits per heavy atom. The monoisotopic (exact) mass is 331 g/mol. The molecule has 0 heterocycles. The summed E-state index contributed by atoms with van der Waals surface area (Å²) in [4.78, 5) is 0. The fourth-order valence-corrected chi connectivity index (χ4v) is 6.65. The molecule has 128 valence electrons. The highest BCUT2D eigenvalue weighted by atomic mass is 31.0. The van der Waals surface area contributed by atoms with E-state index in [1.165, 1.54) is 49.7 Å². The Kier molecular flexibility index (Phi) is 4.22. The number of fused-ring (bicyclic) bond motifs is 5. The second-order valence-corrected chi connectivity index (χ2v) is 9.39. The Balaban J connectivity index is 0.00000156. The van der Waals surface area contributed by atoms with Gasteiger partial charge in [0.25, 0.3) is 0 Å². The average molecular weight is 331 g/mol. The van der Waals surface area contributed by atoms with Crippen LogP contribution in [0.3, 0.4) is 0 Å². The summed E-state index contributed by atoms with van der Waals surface area (Å²) in [5.74, 6) is 1.29. The standard InChI is InChI=1S/C20H30NP.CH4/c1-12-10-14-6-9-20(21)16(15(14)11-13(12)2)7-8-19(3)17(20)4-5-18(19)22;/h10-11,16-18H,4-9,21-22H2,1-3H3;1H4. The molecule has 1 aromatic rings. The largest absolute Gasteiger partial charge is 0.324 e. The van der Waals surface area contributed by atoms with Gasteiger partial charge in [0.2, 0.25) is 0 Å². The van der Waals surface area contributed by atoms with E-state index in [2.05, 4.69) is 42.1 Å². The normalized spacial score (nSPS) is 41.5. The van der Waals surface area contributed by atoms with E-state index in [1.807, 2.05) is 0 Å². The summed E-state index contributed by atoms with van der Waals surface area (Å²) >= 11 is 0. The molecule has 2 saturated carbocycles. The molecule has 4 rings (SSSR count). The van der Waals surface area contributed by atoms with Gasteiger partial charge in [0.1, 0.15) is 0 Å². The third-order valence-corrected chi connectivity index (χ3v) is 8.73. The number of hydrogen-bond donors (Lipinski definition) is 1. The summed E-state index contributed by atoms with van der Waals surface area (Å²) in [6, 6.07) is 4.90. The summed E-state index contributed by atoms with van der Waals surface area (Å²) < 4.78 is 0. The van der Waals surface area contributed by atoms with Gasteiger partial charge in [0, 0.05) is 11.5 Å². The van der Waals surface area contributed by atoms with Gasteiger partial charge in [-0.1, -0.05) is 26.5 Å². The molecule has 3 aliphatic carbocycles. The van der Waals surface area contributed by atoms with E-state index in [9.17, 15) is 0 Å². The van der Waals surface area contributed by atoms with Crippen LogP contribution in [0.25, 0.3) is 0 Å². The lowest BCUT2D eigenvalue weighted by Gasteiger charge is -2.57. The van der Waals surface area contributed by atoms with E-state index in [-0.39, 0.29) is 13.0 Å². The zero-order chi connectivity index (χ0) is 15.7. The van der Waals surface area contributed by atoms with Gasteiger partial charge in [-0.05, 0) is 91.6 Å². The van der Waals surface area contributed by atoms with Crippen LogP contribution < -0.4 is 5.73 Å². The van der Waals surface area contributed by atoms with Crippen molar-refractivity contribution in [2.24, 2.45) is 17.1 Å². The van der Waals surface area contributed by atoms with Gasteiger partial charge >= 0.3 is 0 Å². The Hall–Kier alpha value is -0.390. The SMILES string of the molecule is C.Cc1cc2c(cc1C)C1CCC3(C)C(P)CCC3C1(N)CC2. The first-order valence-corrected chi connectivity index (χ1v) is 9.67. The van der Waals surface area contributed by atoms with Gasteiger partial charge in [-0.3, -0.25) is 0 Å². The Morgan fingerprint density at radius 2 is 1.78 bits per heavy atom. The van der Waals surface area contributed by atoms with Gasteiger partial charge in [-0.2, -0.15) is 0 Å². The van der Waals surface area contributed by atoms with Crippen LogP contribution in [-0.4, -0.2) is 11.2 Å². The maximum atomic E-state index is 7.19. The first-order valence-electron chi connectivity index (χ1n) is 9.01. The lowest BCUT2D eigenvalue weighted by Crippen LogP contribution is -2.61. The van der Waals surface area contributed by atoms with E-state index >= 15 is 0 Å². The van der Waals surface area contributed by atoms with Gasteiger partial charge in [0.05, 0.1) is 0 Å². The highest BCUT2D eigenvalue weighted by molar-refractivity contribution is 7.17. The van der Waals surface area contributed by atoms with E-state index in [0.29, 0.717) is 17.3 Å². The van der Waals surface area contributed by atoms with Gasteiger partial charge in [-0.15, -0.1) is 9.24 Å². The molecule has 2 heteroatoms. The second-order valence-electron chi connectivity index (χ2n) is 8.58. The molecule has 0 amide bonds. The van der Waals surface area contributed by atoms with Crippen LogP contribution in [-0.2, 0) is 6.42 Å². The van der Waals surface area contributed by atoms with Crippen molar-refractivity contribution in [1.29, 1.82) is 0 Å². The van der Waals surface area contributed by atoms with E-state index in [0.717, 1.165) is 5.66 Å². The molecule has 6 unspecified atom stereocenters. The second kappa shape index (κ2) is 5.57. The molecule has 23 heavy (non-hydrogen) atoms. The lowest BCUT2D eigenvalue weighted by molar-refractivity contribution is 0.0366. The van der Waals surface area contributed by atoms with E-state index in [1.54, 1.807) is 11.1 Å². The summed E-state index contributed by atoms with van der Waals surface area (Å²) in [6.45, 7) is 7.01.